The minimum absolute atomic E-state index is 0.0567. The van der Waals surface area contributed by atoms with E-state index in [9.17, 15) is 4.79 Å². The number of carbonyl (C=O) groups excluding carboxylic acids is 1. The predicted octanol–water partition coefficient (Wildman–Crippen LogP) is 2.66. The molecule has 0 aliphatic heterocycles. The van der Waals surface area contributed by atoms with Crippen LogP contribution in [0.15, 0.2) is 24.3 Å². The maximum absolute atomic E-state index is 11.4. The standard InChI is InChI=1S/C13H19NO2/c1-3-5-12(14)10-6-8-11(9-7-10)13(15)16-4-2/h6-9,12H,3-5,14H2,1-2H3/t12-/m1/s1. The molecule has 0 aliphatic carbocycles. The quantitative estimate of drug-likeness (QED) is 0.778. The summed E-state index contributed by atoms with van der Waals surface area (Å²) in [6.45, 7) is 4.30. The van der Waals surface area contributed by atoms with Crippen LogP contribution < -0.4 is 5.73 Å². The van der Waals surface area contributed by atoms with E-state index in [2.05, 4.69) is 6.92 Å². The van der Waals surface area contributed by atoms with E-state index < -0.39 is 0 Å². The molecule has 0 spiro atoms. The van der Waals surface area contributed by atoms with Crippen LogP contribution in [0.4, 0.5) is 0 Å². The summed E-state index contributed by atoms with van der Waals surface area (Å²) in [6, 6.07) is 7.38. The average molecular weight is 221 g/mol. The smallest absolute Gasteiger partial charge is 0.338 e. The number of hydrogen-bond donors (Lipinski definition) is 1. The molecule has 0 saturated carbocycles. The summed E-state index contributed by atoms with van der Waals surface area (Å²) in [5.74, 6) is -0.280. The molecule has 0 fully saturated rings. The lowest BCUT2D eigenvalue weighted by molar-refractivity contribution is 0.0526. The van der Waals surface area contributed by atoms with E-state index in [0.29, 0.717) is 12.2 Å². The summed E-state index contributed by atoms with van der Waals surface area (Å²) in [4.78, 5) is 11.4. The van der Waals surface area contributed by atoms with Crippen molar-refractivity contribution in [1.29, 1.82) is 0 Å². The largest absolute Gasteiger partial charge is 0.462 e. The van der Waals surface area contributed by atoms with Crippen LogP contribution >= 0.6 is 0 Å². The van der Waals surface area contributed by atoms with E-state index >= 15 is 0 Å². The predicted molar refractivity (Wildman–Crippen MR) is 64.2 cm³/mol. The topological polar surface area (TPSA) is 52.3 Å². The first-order chi connectivity index (χ1) is 7.69. The van der Waals surface area contributed by atoms with Gasteiger partial charge in [0, 0.05) is 6.04 Å². The van der Waals surface area contributed by atoms with Crippen LogP contribution in [-0.4, -0.2) is 12.6 Å². The van der Waals surface area contributed by atoms with Gasteiger partial charge in [0.2, 0.25) is 0 Å². The van der Waals surface area contributed by atoms with Gasteiger partial charge in [0.1, 0.15) is 0 Å². The molecule has 88 valence electrons. The Kier molecular flexibility index (Phi) is 4.99. The molecule has 0 bridgehead atoms. The maximum atomic E-state index is 11.4. The van der Waals surface area contributed by atoms with E-state index in [1.807, 2.05) is 12.1 Å². The number of benzene rings is 1. The molecule has 1 aromatic carbocycles. The molecule has 1 aromatic rings. The molecule has 2 N–H and O–H groups in total. The number of nitrogens with two attached hydrogens (primary N) is 1. The van der Waals surface area contributed by atoms with Crippen molar-refractivity contribution in [3.05, 3.63) is 35.4 Å². The van der Waals surface area contributed by atoms with Crippen LogP contribution in [0, 0.1) is 0 Å². The highest BCUT2D eigenvalue weighted by atomic mass is 16.5. The van der Waals surface area contributed by atoms with Crippen LogP contribution in [0.1, 0.15) is 48.7 Å². The first-order valence-electron chi connectivity index (χ1n) is 5.71. The van der Waals surface area contributed by atoms with E-state index in [-0.39, 0.29) is 12.0 Å². The molecule has 0 saturated heterocycles. The zero-order chi connectivity index (χ0) is 12.0. The number of esters is 1. The molecule has 1 rings (SSSR count). The number of ether oxygens (including phenoxy) is 1. The Morgan fingerprint density at radius 1 is 1.31 bits per heavy atom. The number of carbonyl (C=O) groups is 1. The fourth-order valence-electron chi connectivity index (χ4n) is 1.56. The lowest BCUT2D eigenvalue weighted by Crippen LogP contribution is -2.10. The molecule has 3 nitrogen and oxygen atoms in total. The SMILES string of the molecule is CCC[C@@H](N)c1ccc(C(=O)OCC)cc1. The molecule has 0 unspecified atom stereocenters. The number of rotatable bonds is 5. The third-order valence-electron chi connectivity index (χ3n) is 2.45. The summed E-state index contributed by atoms with van der Waals surface area (Å²) >= 11 is 0. The highest BCUT2D eigenvalue weighted by Gasteiger charge is 2.08. The Labute approximate surface area is 96.6 Å². The molecule has 0 heterocycles. The molecule has 3 heteroatoms. The summed E-state index contributed by atoms with van der Waals surface area (Å²) < 4.78 is 4.91. The monoisotopic (exact) mass is 221 g/mol. The van der Waals surface area contributed by atoms with Gasteiger partial charge in [-0.05, 0) is 31.0 Å². The van der Waals surface area contributed by atoms with Crippen molar-refractivity contribution in [3.63, 3.8) is 0 Å². The second kappa shape index (κ2) is 6.28. The van der Waals surface area contributed by atoms with Gasteiger partial charge in [0.05, 0.1) is 12.2 Å². The lowest BCUT2D eigenvalue weighted by Gasteiger charge is -2.10. The van der Waals surface area contributed by atoms with Gasteiger partial charge >= 0.3 is 5.97 Å². The van der Waals surface area contributed by atoms with Crippen molar-refractivity contribution in [2.24, 2.45) is 5.73 Å². The van der Waals surface area contributed by atoms with Crippen molar-refractivity contribution >= 4 is 5.97 Å². The summed E-state index contributed by atoms with van der Waals surface area (Å²) in [5.41, 5.74) is 7.62. The molecular weight excluding hydrogens is 202 g/mol. The van der Waals surface area contributed by atoms with Crippen molar-refractivity contribution in [2.75, 3.05) is 6.61 Å². The van der Waals surface area contributed by atoms with Gasteiger partial charge in [0.25, 0.3) is 0 Å². The Morgan fingerprint density at radius 3 is 2.44 bits per heavy atom. The fourth-order valence-corrected chi connectivity index (χ4v) is 1.56. The number of hydrogen-bond acceptors (Lipinski definition) is 3. The normalized spacial score (nSPS) is 12.2. The van der Waals surface area contributed by atoms with E-state index in [4.69, 9.17) is 10.5 Å². The second-order valence-electron chi connectivity index (χ2n) is 3.74. The van der Waals surface area contributed by atoms with Crippen LogP contribution in [-0.2, 0) is 4.74 Å². The lowest BCUT2D eigenvalue weighted by atomic mass is 10.0. The molecular formula is C13H19NO2. The van der Waals surface area contributed by atoms with Crippen molar-refractivity contribution in [2.45, 2.75) is 32.7 Å². The van der Waals surface area contributed by atoms with Crippen molar-refractivity contribution in [3.8, 4) is 0 Å². The van der Waals surface area contributed by atoms with Gasteiger partial charge < -0.3 is 10.5 Å². The Balaban J connectivity index is 2.71. The molecule has 0 aliphatic rings. The fraction of sp³-hybridized carbons (Fsp3) is 0.462. The van der Waals surface area contributed by atoms with Gasteiger partial charge in [-0.3, -0.25) is 0 Å². The highest BCUT2D eigenvalue weighted by Crippen LogP contribution is 2.16. The Morgan fingerprint density at radius 2 is 1.94 bits per heavy atom. The second-order valence-corrected chi connectivity index (χ2v) is 3.74. The summed E-state index contributed by atoms with van der Waals surface area (Å²) in [7, 11) is 0. The maximum Gasteiger partial charge on any atom is 0.338 e. The van der Waals surface area contributed by atoms with Crippen LogP contribution in [0.5, 0.6) is 0 Å². The van der Waals surface area contributed by atoms with Gasteiger partial charge in [-0.2, -0.15) is 0 Å². The van der Waals surface area contributed by atoms with Crippen molar-refractivity contribution in [1.82, 2.24) is 0 Å². The van der Waals surface area contributed by atoms with E-state index in [1.54, 1.807) is 19.1 Å². The minimum atomic E-state index is -0.280. The Bertz CT molecular complexity index is 332. The van der Waals surface area contributed by atoms with Gasteiger partial charge in [0.15, 0.2) is 0 Å². The molecule has 1 atom stereocenters. The third kappa shape index (κ3) is 3.35. The third-order valence-corrected chi connectivity index (χ3v) is 2.45. The van der Waals surface area contributed by atoms with Gasteiger partial charge in [-0.1, -0.05) is 25.5 Å². The van der Waals surface area contributed by atoms with Crippen LogP contribution in [0.2, 0.25) is 0 Å². The first kappa shape index (κ1) is 12.7. The highest BCUT2D eigenvalue weighted by molar-refractivity contribution is 5.89. The van der Waals surface area contributed by atoms with Gasteiger partial charge in [-0.25, -0.2) is 4.79 Å². The van der Waals surface area contributed by atoms with Gasteiger partial charge in [-0.15, -0.1) is 0 Å². The molecule has 0 aromatic heterocycles. The van der Waals surface area contributed by atoms with E-state index in [1.165, 1.54) is 0 Å². The van der Waals surface area contributed by atoms with Crippen LogP contribution in [0.25, 0.3) is 0 Å². The van der Waals surface area contributed by atoms with Crippen LogP contribution in [0.3, 0.4) is 0 Å². The zero-order valence-corrected chi connectivity index (χ0v) is 9.90. The molecule has 16 heavy (non-hydrogen) atoms. The molecule has 0 radical (unpaired) electrons. The average Bonchev–Trinajstić information content (AvgIpc) is 2.30. The zero-order valence-electron chi connectivity index (χ0n) is 9.90. The summed E-state index contributed by atoms with van der Waals surface area (Å²) in [6.07, 6.45) is 2.01. The van der Waals surface area contributed by atoms with E-state index in [0.717, 1.165) is 18.4 Å². The van der Waals surface area contributed by atoms with Crippen molar-refractivity contribution < 1.29 is 9.53 Å². The first-order valence-corrected chi connectivity index (χ1v) is 5.71. The molecule has 0 amide bonds. The minimum Gasteiger partial charge on any atom is -0.462 e. The summed E-state index contributed by atoms with van der Waals surface area (Å²) in [5, 5.41) is 0. The Hall–Kier alpha value is -1.35.